The van der Waals surface area contributed by atoms with Crippen molar-refractivity contribution in [2.45, 2.75) is 12.1 Å². The first kappa shape index (κ1) is 16.5. The molecule has 2 fully saturated rings. The summed E-state index contributed by atoms with van der Waals surface area (Å²) < 4.78 is 10.7. The van der Waals surface area contributed by atoms with Crippen LogP contribution in [0.2, 0.25) is 0 Å². The third-order valence-electron chi connectivity index (χ3n) is 6.40. The molecule has 4 aliphatic rings. The summed E-state index contributed by atoms with van der Waals surface area (Å²) in [4.78, 5) is 39.8. The minimum atomic E-state index is -0.698. The summed E-state index contributed by atoms with van der Waals surface area (Å²) in [5, 5.41) is 2.45. The van der Waals surface area contributed by atoms with Crippen molar-refractivity contribution in [1.82, 2.24) is 5.32 Å². The standard InChI is InChI=1S/C22H16N2O5/c25-20(12-5-6-14-15(9-12)29-10-28-14)19-17-16(21(26)23-22(17)27)18-13-4-2-1-3-11(13)7-8-24(18)19/h1-9,16-19H,10H2,(H,23,26,27)/p+1/t16-,17+,18-,19+/m0/s1. The topological polar surface area (TPSA) is 86.1 Å². The number of imide groups is 1. The van der Waals surface area contributed by atoms with Gasteiger partial charge in [0.1, 0.15) is 17.9 Å². The van der Waals surface area contributed by atoms with E-state index in [4.69, 9.17) is 9.47 Å². The van der Waals surface area contributed by atoms with Crippen LogP contribution in [0, 0.1) is 11.8 Å². The average Bonchev–Trinajstić information content (AvgIpc) is 3.41. The molecule has 0 aliphatic carbocycles. The first-order chi connectivity index (χ1) is 14.1. The Morgan fingerprint density at radius 1 is 1.00 bits per heavy atom. The van der Waals surface area contributed by atoms with Gasteiger partial charge in [0.05, 0.1) is 6.20 Å². The zero-order valence-electron chi connectivity index (χ0n) is 15.3. The lowest BCUT2D eigenvalue weighted by Gasteiger charge is -2.29. The Hall–Kier alpha value is -3.45. The lowest BCUT2D eigenvalue weighted by atomic mass is 9.83. The van der Waals surface area contributed by atoms with Gasteiger partial charge in [-0.2, -0.15) is 0 Å². The number of carbonyl (C=O) groups is 3. The maximum Gasteiger partial charge on any atom is 0.237 e. The van der Waals surface area contributed by atoms with Gasteiger partial charge in [0.2, 0.25) is 24.4 Å². The number of rotatable bonds is 2. The Morgan fingerprint density at radius 2 is 1.79 bits per heavy atom. The molecule has 0 bridgehead atoms. The van der Waals surface area contributed by atoms with Crippen LogP contribution >= 0.6 is 0 Å². The minimum Gasteiger partial charge on any atom is -0.454 e. The summed E-state index contributed by atoms with van der Waals surface area (Å²) in [6.07, 6.45) is 3.88. The van der Waals surface area contributed by atoms with Gasteiger partial charge in [0.25, 0.3) is 0 Å². The molecular weight excluding hydrogens is 372 g/mol. The second-order valence-electron chi connectivity index (χ2n) is 7.75. The Balaban J connectivity index is 1.47. The van der Waals surface area contributed by atoms with Gasteiger partial charge in [0.15, 0.2) is 17.5 Å². The number of hydrogen-bond acceptors (Lipinski definition) is 5. The highest BCUT2D eigenvalue weighted by Crippen LogP contribution is 2.41. The molecule has 0 saturated carbocycles. The van der Waals surface area contributed by atoms with E-state index >= 15 is 0 Å². The van der Waals surface area contributed by atoms with E-state index in [-0.39, 0.29) is 30.4 Å². The predicted octanol–water partition coefficient (Wildman–Crippen LogP) is 0.480. The highest BCUT2D eigenvalue weighted by molar-refractivity contribution is 6.11. The maximum absolute atomic E-state index is 13.6. The van der Waals surface area contributed by atoms with E-state index in [1.54, 1.807) is 18.2 Å². The number of fused-ring (bicyclic) bond motifs is 6. The first-order valence-corrected chi connectivity index (χ1v) is 9.56. The van der Waals surface area contributed by atoms with Crippen LogP contribution in [0.5, 0.6) is 11.5 Å². The molecule has 0 aromatic heterocycles. The molecule has 2 aromatic carbocycles. The van der Waals surface area contributed by atoms with Gasteiger partial charge >= 0.3 is 0 Å². The number of amides is 2. The van der Waals surface area contributed by atoms with Gasteiger partial charge in [-0.25, -0.2) is 0 Å². The number of ketones is 1. The summed E-state index contributed by atoms with van der Waals surface area (Å²) in [6, 6.07) is 11.9. The van der Waals surface area contributed by atoms with Gasteiger partial charge in [-0.15, -0.1) is 0 Å². The number of ether oxygens (including phenoxy) is 2. The van der Waals surface area contributed by atoms with Gasteiger partial charge in [0, 0.05) is 11.1 Å². The molecule has 7 nitrogen and oxygen atoms in total. The summed E-state index contributed by atoms with van der Waals surface area (Å²) >= 11 is 0. The summed E-state index contributed by atoms with van der Waals surface area (Å²) in [6.45, 7) is 0.122. The molecule has 6 rings (SSSR count). The zero-order valence-corrected chi connectivity index (χ0v) is 15.3. The molecule has 2 N–H and O–H groups in total. The highest BCUT2D eigenvalue weighted by Gasteiger charge is 2.65. The molecule has 1 unspecified atom stereocenters. The fourth-order valence-electron chi connectivity index (χ4n) is 5.20. The lowest BCUT2D eigenvalue weighted by molar-refractivity contribution is -0.884. The van der Waals surface area contributed by atoms with Crippen molar-refractivity contribution in [2.75, 3.05) is 6.79 Å². The smallest absolute Gasteiger partial charge is 0.237 e. The molecule has 144 valence electrons. The van der Waals surface area contributed by atoms with E-state index < -0.39 is 17.9 Å². The second kappa shape index (κ2) is 5.78. The zero-order chi connectivity index (χ0) is 19.7. The van der Waals surface area contributed by atoms with Crippen LogP contribution in [0.1, 0.15) is 27.5 Å². The van der Waals surface area contributed by atoms with E-state index in [1.165, 1.54) is 0 Å². The van der Waals surface area contributed by atoms with Crippen LogP contribution < -0.4 is 19.7 Å². The van der Waals surface area contributed by atoms with Crippen LogP contribution in [-0.4, -0.2) is 30.4 Å². The molecule has 4 aliphatic heterocycles. The van der Waals surface area contributed by atoms with Crippen molar-refractivity contribution in [2.24, 2.45) is 11.8 Å². The van der Waals surface area contributed by atoms with E-state index in [0.29, 0.717) is 17.1 Å². The van der Waals surface area contributed by atoms with E-state index in [0.717, 1.165) is 16.0 Å². The molecule has 2 saturated heterocycles. The second-order valence-corrected chi connectivity index (χ2v) is 7.75. The van der Waals surface area contributed by atoms with Crippen molar-refractivity contribution in [3.8, 4) is 11.5 Å². The Labute approximate surface area is 165 Å². The SMILES string of the molecule is O=C1NC(=O)[C@H]2[C@@H]1[C@H](C(=O)c1ccc3c(c1)OCO3)[NH+]1C=Cc3ccccc3[C@@H]21. The Morgan fingerprint density at radius 3 is 2.69 bits per heavy atom. The monoisotopic (exact) mass is 389 g/mol. The number of nitrogens with one attached hydrogen (secondary N) is 2. The largest absolute Gasteiger partial charge is 0.454 e. The summed E-state index contributed by atoms with van der Waals surface area (Å²) in [5.41, 5.74) is 2.46. The molecule has 29 heavy (non-hydrogen) atoms. The fourth-order valence-corrected chi connectivity index (χ4v) is 5.20. The van der Waals surface area contributed by atoms with E-state index in [2.05, 4.69) is 5.32 Å². The summed E-state index contributed by atoms with van der Waals surface area (Å²) in [7, 11) is 0. The molecular formula is C22H17N2O5+. The quantitative estimate of drug-likeness (QED) is 0.577. The van der Waals surface area contributed by atoms with Crippen LogP contribution in [0.15, 0.2) is 48.7 Å². The van der Waals surface area contributed by atoms with Gasteiger partial charge in [-0.3, -0.25) is 24.6 Å². The number of hydrogen-bond donors (Lipinski definition) is 2. The van der Waals surface area contributed by atoms with E-state index in [1.807, 2.05) is 36.5 Å². The molecule has 4 heterocycles. The average molecular weight is 389 g/mol. The van der Waals surface area contributed by atoms with Crippen LogP contribution in [0.3, 0.4) is 0 Å². The normalized spacial score (nSPS) is 30.6. The fraction of sp³-hybridized carbons (Fsp3) is 0.227. The third kappa shape index (κ3) is 2.19. The number of quaternary nitrogens is 1. The molecule has 2 aromatic rings. The molecule has 2 amide bonds. The number of benzene rings is 2. The lowest BCUT2D eigenvalue weighted by Crippen LogP contribution is -3.12. The van der Waals surface area contributed by atoms with Crippen molar-refractivity contribution < 1.29 is 28.8 Å². The molecule has 0 radical (unpaired) electrons. The van der Waals surface area contributed by atoms with Crippen molar-refractivity contribution >= 4 is 23.7 Å². The van der Waals surface area contributed by atoms with Crippen molar-refractivity contribution in [3.63, 3.8) is 0 Å². The first-order valence-electron chi connectivity index (χ1n) is 9.56. The van der Waals surface area contributed by atoms with E-state index in [9.17, 15) is 14.4 Å². The van der Waals surface area contributed by atoms with Gasteiger partial charge < -0.3 is 9.47 Å². The number of carbonyl (C=O) groups excluding carboxylic acids is 3. The van der Waals surface area contributed by atoms with Crippen molar-refractivity contribution in [3.05, 3.63) is 65.4 Å². The van der Waals surface area contributed by atoms with Crippen LogP contribution in [-0.2, 0) is 9.59 Å². The predicted molar refractivity (Wildman–Crippen MR) is 100.0 cm³/mol. The maximum atomic E-state index is 13.6. The minimum absolute atomic E-state index is 0.122. The van der Waals surface area contributed by atoms with Gasteiger partial charge in [-0.1, -0.05) is 24.3 Å². The Kier molecular flexibility index (Phi) is 3.29. The molecule has 7 heteroatoms. The van der Waals surface area contributed by atoms with Crippen LogP contribution in [0.4, 0.5) is 0 Å². The highest BCUT2D eigenvalue weighted by atomic mass is 16.7. The molecule has 5 atom stereocenters. The Bertz CT molecular complexity index is 1120. The number of Topliss-reactive ketones (excluding diaryl/α,β-unsaturated/α-hetero) is 1. The van der Waals surface area contributed by atoms with Crippen LogP contribution in [0.25, 0.3) is 6.08 Å². The third-order valence-corrected chi connectivity index (χ3v) is 6.40. The van der Waals surface area contributed by atoms with Gasteiger partial charge in [-0.05, 0) is 29.8 Å². The van der Waals surface area contributed by atoms with Crippen molar-refractivity contribution in [1.29, 1.82) is 0 Å². The molecule has 0 spiro atoms. The summed E-state index contributed by atoms with van der Waals surface area (Å²) in [5.74, 6) is -0.993.